The number of hydrazine groups is 1. The Morgan fingerprint density at radius 1 is 1.10 bits per heavy atom. The van der Waals surface area contributed by atoms with Crippen LogP contribution >= 0.6 is 0 Å². The van der Waals surface area contributed by atoms with Gasteiger partial charge in [0, 0.05) is 12.2 Å². The number of benzene rings is 2. The molecule has 21 heavy (non-hydrogen) atoms. The molecule has 2 aromatic rings. The number of carbonyl (C=O) groups is 1. The van der Waals surface area contributed by atoms with Crippen molar-refractivity contribution in [2.24, 2.45) is 5.84 Å². The molecule has 0 saturated heterocycles. The Bertz CT molecular complexity index is 635. The zero-order valence-corrected chi connectivity index (χ0v) is 12.7. The second-order valence-corrected chi connectivity index (χ2v) is 5.08. The summed E-state index contributed by atoms with van der Waals surface area (Å²) in [5.74, 6) is 5.48. The SMILES string of the molecule is CCN(C(=O)c1ccc(C)cc1NN)c1ccc(C)cc1. The monoisotopic (exact) mass is 283 g/mol. The average molecular weight is 283 g/mol. The quantitative estimate of drug-likeness (QED) is 0.669. The van der Waals surface area contributed by atoms with Gasteiger partial charge < -0.3 is 10.3 Å². The second-order valence-electron chi connectivity index (χ2n) is 5.08. The first-order valence-corrected chi connectivity index (χ1v) is 7.02. The maximum atomic E-state index is 12.8. The minimum absolute atomic E-state index is 0.0608. The summed E-state index contributed by atoms with van der Waals surface area (Å²) in [6, 6.07) is 13.5. The molecule has 0 radical (unpaired) electrons. The third-order valence-electron chi connectivity index (χ3n) is 3.47. The fraction of sp³-hybridized carbons (Fsp3) is 0.235. The zero-order valence-electron chi connectivity index (χ0n) is 12.7. The van der Waals surface area contributed by atoms with Crippen molar-refractivity contribution in [2.75, 3.05) is 16.9 Å². The molecular weight excluding hydrogens is 262 g/mol. The van der Waals surface area contributed by atoms with Crippen molar-refractivity contribution < 1.29 is 4.79 Å². The molecule has 0 saturated carbocycles. The van der Waals surface area contributed by atoms with E-state index in [0.29, 0.717) is 17.8 Å². The highest BCUT2D eigenvalue weighted by atomic mass is 16.2. The van der Waals surface area contributed by atoms with Gasteiger partial charge in [-0.05, 0) is 50.6 Å². The zero-order chi connectivity index (χ0) is 15.4. The summed E-state index contributed by atoms with van der Waals surface area (Å²) in [5, 5.41) is 0. The average Bonchev–Trinajstić information content (AvgIpc) is 2.49. The highest BCUT2D eigenvalue weighted by Gasteiger charge is 2.19. The van der Waals surface area contributed by atoms with E-state index in [-0.39, 0.29) is 5.91 Å². The summed E-state index contributed by atoms with van der Waals surface area (Å²) in [5.41, 5.74) is 6.94. The Balaban J connectivity index is 2.39. The molecule has 1 amide bonds. The second kappa shape index (κ2) is 6.41. The topological polar surface area (TPSA) is 58.4 Å². The van der Waals surface area contributed by atoms with Gasteiger partial charge in [0.1, 0.15) is 0 Å². The summed E-state index contributed by atoms with van der Waals surface area (Å²) < 4.78 is 0. The lowest BCUT2D eigenvalue weighted by Gasteiger charge is -2.22. The lowest BCUT2D eigenvalue weighted by atomic mass is 10.1. The number of hydrogen-bond donors (Lipinski definition) is 2. The van der Waals surface area contributed by atoms with E-state index in [0.717, 1.165) is 11.3 Å². The van der Waals surface area contributed by atoms with Crippen LogP contribution in [-0.4, -0.2) is 12.5 Å². The molecule has 2 aromatic carbocycles. The maximum Gasteiger partial charge on any atom is 0.260 e. The van der Waals surface area contributed by atoms with E-state index >= 15 is 0 Å². The highest BCUT2D eigenvalue weighted by molar-refractivity contribution is 6.09. The number of nitrogens with one attached hydrogen (secondary N) is 1. The van der Waals surface area contributed by atoms with Crippen molar-refractivity contribution in [2.45, 2.75) is 20.8 Å². The van der Waals surface area contributed by atoms with Crippen LogP contribution in [0.15, 0.2) is 42.5 Å². The Labute approximate surface area is 125 Å². The van der Waals surface area contributed by atoms with Gasteiger partial charge in [0.05, 0.1) is 11.3 Å². The van der Waals surface area contributed by atoms with Gasteiger partial charge in [0.25, 0.3) is 5.91 Å². The predicted octanol–water partition coefficient (Wildman–Crippen LogP) is 3.26. The lowest BCUT2D eigenvalue weighted by Crippen LogP contribution is -2.31. The van der Waals surface area contributed by atoms with E-state index in [9.17, 15) is 4.79 Å². The molecular formula is C17H21N3O. The molecule has 0 bridgehead atoms. The Hall–Kier alpha value is -2.33. The van der Waals surface area contributed by atoms with E-state index in [2.05, 4.69) is 5.43 Å². The molecule has 0 aliphatic heterocycles. The maximum absolute atomic E-state index is 12.8. The number of carbonyl (C=O) groups excluding carboxylic acids is 1. The molecule has 0 fully saturated rings. The molecule has 0 aromatic heterocycles. The number of rotatable bonds is 4. The van der Waals surface area contributed by atoms with Gasteiger partial charge in [0.2, 0.25) is 0 Å². The number of nitrogens with two attached hydrogens (primary N) is 1. The van der Waals surface area contributed by atoms with E-state index in [1.165, 1.54) is 5.56 Å². The molecule has 2 rings (SSSR count). The third-order valence-corrected chi connectivity index (χ3v) is 3.47. The van der Waals surface area contributed by atoms with Gasteiger partial charge in [-0.25, -0.2) is 0 Å². The Morgan fingerprint density at radius 2 is 1.71 bits per heavy atom. The minimum atomic E-state index is -0.0608. The first-order valence-electron chi connectivity index (χ1n) is 7.02. The van der Waals surface area contributed by atoms with Crippen molar-refractivity contribution in [1.82, 2.24) is 0 Å². The van der Waals surface area contributed by atoms with Crippen molar-refractivity contribution in [3.05, 3.63) is 59.2 Å². The summed E-state index contributed by atoms with van der Waals surface area (Å²) in [6.07, 6.45) is 0. The van der Waals surface area contributed by atoms with Crippen LogP contribution in [0.2, 0.25) is 0 Å². The smallest absolute Gasteiger partial charge is 0.260 e. The van der Waals surface area contributed by atoms with Gasteiger partial charge in [0.15, 0.2) is 0 Å². The van der Waals surface area contributed by atoms with E-state index in [4.69, 9.17) is 5.84 Å². The van der Waals surface area contributed by atoms with Crippen molar-refractivity contribution in [3.8, 4) is 0 Å². The molecule has 4 nitrogen and oxygen atoms in total. The van der Waals surface area contributed by atoms with Gasteiger partial charge in [-0.15, -0.1) is 0 Å². The fourth-order valence-electron chi connectivity index (χ4n) is 2.28. The lowest BCUT2D eigenvalue weighted by molar-refractivity contribution is 0.0989. The van der Waals surface area contributed by atoms with Crippen LogP contribution in [0, 0.1) is 13.8 Å². The van der Waals surface area contributed by atoms with Gasteiger partial charge >= 0.3 is 0 Å². The highest BCUT2D eigenvalue weighted by Crippen LogP contribution is 2.22. The molecule has 3 N–H and O–H groups in total. The third kappa shape index (κ3) is 3.23. The van der Waals surface area contributed by atoms with Crippen LogP contribution in [0.25, 0.3) is 0 Å². The van der Waals surface area contributed by atoms with Gasteiger partial charge in [-0.1, -0.05) is 23.8 Å². The van der Waals surface area contributed by atoms with E-state index in [1.54, 1.807) is 4.90 Å². The van der Waals surface area contributed by atoms with E-state index < -0.39 is 0 Å². The molecule has 0 heterocycles. The molecule has 0 spiro atoms. The number of amides is 1. The first-order chi connectivity index (χ1) is 10.1. The number of nitrogen functional groups attached to an aromatic ring is 1. The Morgan fingerprint density at radius 3 is 2.29 bits per heavy atom. The largest absolute Gasteiger partial charge is 0.323 e. The normalized spacial score (nSPS) is 10.3. The van der Waals surface area contributed by atoms with Crippen molar-refractivity contribution in [3.63, 3.8) is 0 Å². The standard InChI is InChI=1S/C17H21N3O/c1-4-20(14-8-5-12(2)6-9-14)17(21)15-10-7-13(3)11-16(15)19-18/h5-11,19H,4,18H2,1-3H3. The molecule has 0 unspecified atom stereocenters. The first kappa shape index (κ1) is 15.1. The van der Waals surface area contributed by atoms with Gasteiger partial charge in [-0.2, -0.15) is 0 Å². The summed E-state index contributed by atoms with van der Waals surface area (Å²) in [4.78, 5) is 14.5. The molecule has 0 aliphatic rings. The predicted molar refractivity (Wildman–Crippen MR) is 87.5 cm³/mol. The summed E-state index contributed by atoms with van der Waals surface area (Å²) in [6.45, 7) is 6.55. The molecule has 110 valence electrons. The van der Waals surface area contributed by atoms with Crippen LogP contribution in [0.1, 0.15) is 28.4 Å². The Kier molecular flexibility index (Phi) is 4.60. The molecule has 0 aliphatic carbocycles. The van der Waals surface area contributed by atoms with Crippen LogP contribution in [0.5, 0.6) is 0 Å². The number of aryl methyl sites for hydroxylation is 2. The summed E-state index contributed by atoms with van der Waals surface area (Å²) >= 11 is 0. The van der Waals surface area contributed by atoms with Crippen LogP contribution < -0.4 is 16.2 Å². The fourth-order valence-corrected chi connectivity index (χ4v) is 2.28. The molecule has 0 atom stereocenters. The number of anilines is 2. The van der Waals surface area contributed by atoms with E-state index in [1.807, 2.05) is 63.2 Å². The minimum Gasteiger partial charge on any atom is -0.323 e. The van der Waals surface area contributed by atoms with Crippen LogP contribution in [0.3, 0.4) is 0 Å². The van der Waals surface area contributed by atoms with Crippen molar-refractivity contribution >= 4 is 17.3 Å². The van der Waals surface area contributed by atoms with Crippen LogP contribution in [0.4, 0.5) is 11.4 Å². The van der Waals surface area contributed by atoms with Crippen molar-refractivity contribution in [1.29, 1.82) is 0 Å². The van der Waals surface area contributed by atoms with Gasteiger partial charge in [-0.3, -0.25) is 10.6 Å². The molecule has 4 heteroatoms. The summed E-state index contributed by atoms with van der Waals surface area (Å²) in [7, 11) is 0. The van der Waals surface area contributed by atoms with Crippen LogP contribution in [-0.2, 0) is 0 Å². The number of hydrogen-bond acceptors (Lipinski definition) is 3. The number of nitrogens with zero attached hydrogens (tertiary/aromatic N) is 1.